The standard InChI is InChI=1S/C15H28N2.C13H12.2C2H6/c1-6-7-12(2)13(3)10-11-17-15(5)9-8-14(4)16;1-11-7-9-13(10-8-11)12-5-3-2-4-6-12;2*1-2/h13,17H,2,4-11,16H2,1,3H3;2-10H,1H3;2*1-2H3. The average molecular weight is 465 g/mol. The van der Waals surface area contributed by atoms with Crippen molar-refractivity contribution in [2.24, 2.45) is 11.7 Å². The maximum Gasteiger partial charge on any atom is 0.0149 e. The third-order valence-corrected chi connectivity index (χ3v) is 5.13. The molecular formula is C32H52N2. The smallest absolute Gasteiger partial charge is 0.0149 e. The van der Waals surface area contributed by atoms with Crippen LogP contribution in [0.5, 0.6) is 0 Å². The van der Waals surface area contributed by atoms with Crippen molar-refractivity contribution in [3.8, 4) is 11.1 Å². The highest BCUT2D eigenvalue weighted by Crippen LogP contribution is 2.19. The van der Waals surface area contributed by atoms with Crippen molar-refractivity contribution < 1.29 is 0 Å². The number of nitrogens with two attached hydrogens (primary N) is 1. The van der Waals surface area contributed by atoms with E-state index in [1.807, 2.05) is 33.8 Å². The van der Waals surface area contributed by atoms with E-state index in [0.29, 0.717) is 5.92 Å². The van der Waals surface area contributed by atoms with Gasteiger partial charge in [0.05, 0.1) is 0 Å². The highest BCUT2D eigenvalue weighted by Gasteiger charge is 2.05. The Morgan fingerprint density at radius 3 is 1.85 bits per heavy atom. The van der Waals surface area contributed by atoms with Crippen molar-refractivity contribution in [3.63, 3.8) is 0 Å². The van der Waals surface area contributed by atoms with Gasteiger partial charge in [-0.2, -0.15) is 0 Å². The molecule has 2 rings (SSSR count). The minimum Gasteiger partial charge on any atom is -0.403 e. The predicted octanol–water partition coefficient (Wildman–Crippen LogP) is 9.44. The second-order valence-corrected chi connectivity index (χ2v) is 8.02. The molecule has 1 unspecified atom stereocenters. The first kappa shape index (κ1) is 33.4. The fourth-order valence-electron chi connectivity index (χ4n) is 3.01. The van der Waals surface area contributed by atoms with E-state index in [1.54, 1.807) is 0 Å². The first-order valence-corrected chi connectivity index (χ1v) is 13.0. The molecule has 190 valence electrons. The molecule has 0 spiro atoms. The molecular weight excluding hydrogens is 412 g/mol. The Bertz CT molecular complexity index is 772. The number of benzene rings is 2. The molecule has 0 fully saturated rings. The SMILES string of the molecule is C=C(N)CCC(=C)NCCC(C)C(=C)CCC.CC.CC.Cc1ccc(-c2ccccc2)cc1. The molecule has 0 bridgehead atoms. The number of allylic oxidation sites excluding steroid dienone is 3. The Balaban J connectivity index is 0. The van der Waals surface area contributed by atoms with Crippen molar-refractivity contribution in [2.45, 2.75) is 80.6 Å². The summed E-state index contributed by atoms with van der Waals surface area (Å²) in [5.74, 6) is 0.583. The van der Waals surface area contributed by atoms with Gasteiger partial charge in [-0.3, -0.25) is 0 Å². The number of rotatable bonds is 11. The van der Waals surface area contributed by atoms with E-state index in [1.165, 1.54) is 28.7 Å². The van der Waals surface area contributed by atoms with Gasteiger partial charge in [0.25, 0.3) is 0 Å². The normalized spacial score (nSPS) is 10.1. The van der Waals surface area contributed by atoms with Gasteiger partial charge in [0.1, 0.15) is 0 Å². The number of aryl methyl sites for hydroxylation is 1. The third-order valence-electron chi connectivity index (χ3n) is 5.13. The molecule has 0 aliphatic carbocycles. The molecule has 3 N–H and O–H groups in total. The molecule has 0 aliphatic heterocycles. The van der Waals surface area contributed by atoms with Gasteiger partial charge in [0, 0.05) is 17.9 Å². The van der Waals surface area contributed by atoms with Gasteiger partial charge >= 0.3 is 0 Å². The summed E-state index contributed by atoms with van der Waals surface area (Å²) in [6.45, 7) is 27.3. The van der Waals surface area contributed by atoms with Gasteiger partial charge < -0.3 is 11.1 Å². The fraction of sp³-hybridized carbons (Fsp3) is 0.438. The summed E-state index contributed by atoms with van der Waals surface area (Å²) >= 11 is 0. The van der Waals surface area contributed by atoms with Gasteiger partial charge in [-0.25, -0.2) is 0 Å². The molecule has 2 nitrogen and oxygen atoms in total. The third kappa shape index (κ3) is 16.8. The predicted molar refractivity (Wildman–Crippen MR) is 157 cm³/mol. The lowest BCUT2D eigenvalue weighted by Gasteiger charge is -2.16. The van der Waals surface area contributed by atoms with Crippen LogP contribution in [0.2, 0.25) is 0 Å². The zero-order chi connectivity index (χ0) is 26.4. The van der Waals surface area contributed by atoms with Crippen molar-refractivity contribution in [1.82, 2.24) is 5.32 Å². The monoisotopic (exact) mass is 464 g/mol. The lowest BCUT2D eigenvalue weighted by molar-refractivity contribution is 0.561. The second-order valence-electron chi connectivity index (χ2n) is 8.02. The molecule has 0 aromatic heterocycles. The Hall–Kier alpha value is -2.74. The van der Waals surface area contributed by atoms with Crippen LogP contribution < -0.4 is 11.1 Å². The highest BCUT2D eigenvalue weighted by molar-refractivity contribution is 5.63. The van der Waals surface area contributed by atoms with Crippen LogP contribution in [0, 0.1) is 12.8 Å². The molecule has 0 aliphatic rings. The number of hydrogen-bond donors (Lipinski definition) is 2. The number of nitrogens with one attached hydrogen (secondary N) is 1. The minimum absolute atomic E-state index is 0.583. The lowest BCUT2D eigenvalue weighted by Crippen LogP contribution is -2.17. The van der Waals surface area contributed by atoms with Crippen LogP contribution in [-0.2, 0) is 0 Å². The summed E-state index contributed by atoms with van der Waals surface area (Å²) in [7, 11) is 0. The fourth-order valence-corrected chi connectivity index (χ4v) is 3.01. The molecule has 0 saturated carbocycles. The highest BCUT2D eigenvalue weighted by atomic mass is 14.9. The van der Waals surface area contributed by atoms with Crippen LogP contribution in [0.25, 0.3) is 11.1 Å². The molecule has 0 heterocycles. The van der Waals surface area contributed by atoms with Crippen molar-refractivity contribution in [3.05, 3.63) is 96.9 Å². The van der Waals surface area contributed by atoms with Crippen LogP contribution >= 0.6 is 0 Å². The van der Waals surface area contributed by atoms with Crippen molar-refractivity contribution >= 4 is 0 Å². The summed E-state index contributed by atoms with van der Waals surface area (Å²) in [5, 5.41) is 3.33. The summed E-state index contributed by atoms with van der Waals surface area (Å²) in [5.41, 5.74) is 12.5. The van der Waals surface area contributed by atoms with Gasteiger partial charge in [-0.15, -0.1) is 0 Å². The Morgan fingerprint density at radius 2 is 1.35 bits per heavy atom. The zero-order valence-electron chi connectivity index (χ0n) is 23.2. The first-order chi connectivity index (χ1) is 16.3. The second kappa shape index (κ2) is 22.1. The molecule has 2 heteroatoms. The van der Waals surface area contributed by atoms with Crippen molar-refractivity contribution in [1.29, 1.82) is 0 Å². The van der Waals surface area contributed by atoms with Gasteiger partial charge in [-0.05, 0) is 49.7 Å². The summed E-state index contributed by atoms with van der Waals surface area (Å²) in [6.07, 6.45) is 5.11. The molecule has 1 atom stereocenters. The van der Waals surface area contributed by atoms with E-state index in [4.69, 9.17) is 5.73 Å². The maximum atomic E-state index is 5.52. The Morgan fingerprint density at radius 1 is 0.824 bits per heavy atom. The molecule has 0 saturated heterocycles. The van der Waals surface area contributed by atoms with Crippen LogP contribution in [0.3, 0.4) is 0 Å². The van der Waals surface area contributed by atoms with Crippen LogP contribution in [0.4, 0.5) is 0 Å². The zero-order valence-corrected chi connectivity index (χ0v) is 23.2. The largest absolute Gasteiger partial charge is 0.403 e. The molecule has 2 aromatic carbocycles. The molecule has 0 amide bonds. The van der Waals surface area contributed by atoms with E-state index in [0.717, 1.165) is 43.6 Å². The van der Waals surface area contributed by atoms with E-state index in [-0.39, 0.29) is 0 Å². The van der Waals surface area contributed by atoms with E-state index >= 15 is 0 Å². The van der Waals surface area contributed by atoms with E-state index < -0.39 is 0 Å². The molecule has 2 aromatic rings. The Labute approximate surface area is 212 Å². The average Bonchev–Trinajstić information content (AvgIpc) is 2.86. The quantitative estimate of drug-likeness (QED) is 0.325. The Kier molecular flexibility index (Phi) is 21.7. The number of hydrogen-bond acceptors (Lipinski definition) is 2. The topological polar surface area (TPSA) is 38.0 Å². The maximum absolute atomic E-state index is 5.52. The van der Waals surface area contributed by atoms with Gasteiger partial charge in [0.2, 0.25) is 0 Å². The van der Waals surface area contributed by atoms with Gasteiger partial charge in [0.15, 0.2) is 0 Å². The summed E-state index contributed by atoms with van der Waals surface area (Å²) in [6, 6.07) is 19.0. The lowest BCUT2D eigenvalue weighted by atomic mass is 9.95. The summed E-state index contributed by atoms with van der Waals surface area (Å²) < 4.78 is 0. The minimum atomic E-state index is 0.583. The molecule has 0 radical (unpaired) electrons. The van der Waals surface area contributed by atoms with E-state index in [2.05, 4.69) is 94.4 Å². The summed E-state index contributed by atoms with van der Waals surface area (Å²) in [4.78, 5) is 0. The molecule has 34 heavy (non-hydrogen) atoms. The van der Waals surface area contributed by atoms with Crippen LogP contribution in [0.1, 0.15) is 79.2 Å². The van der Waals surface area contributed by atoms with E-state index in [9.17, 15) is 0 Å². The van der Waals surface area contributed by atoms with Crippen LogP contribution in [-0.4, -0.2) is 6.54 Å². The first-order valence-electron chi connectivity index (χ1n) is 13.0. The van der Waals surface area contributed by atoms with Crippen molar-refractivity contribution in [2.75, 3.05) is 6.54 Å². The van der Waals surface area contributed by atoms with Crippen LogP contribution in [0.15, 0.2) is 91.3 Å². The van der Waals surface area contributed by atoms with Gasteiger partial charge in [-0.1, -0.05) is 133 Å².